The topological polar surface area (TPSA) is 0 Å². The van der Waals surface area contributed by atoms with Crippen LogP contribution >= 0.6 is 0 Å². The summed E-state index contributed by atoms with van der Waals surface area (Å²) in [6.07, 6.45) is 0. The maximum Gasteiger partial charge on any atom is -0.0184 e. The van der Waals surface area contributed by atoms with Crippen molar-refractivity contribution in [1.82, 2.24) is 0 Å². The second-order valence-corrected chi connectivity index (χ2v) is 4.22. The Kier molecular flexibility index (Phi) is 2.91. The zero-order valence-electron chi connectivity index (χ0n) is 9.83. The predicted molar refractivity (Wildman–Crippen MR) is 71.3 cm³/mol. The minimum absolute atomic E-state index is 1.11. The van der Waals surface area contributed by atoms with E-state index in [9.17, 15) is 0 Å². The van der Waals surface area contributed by atoms with Crippen LogP contribution in [0, 0.1) is 6.92 Å². The van der Waals surface area contributed by atoms with Crippen molar-refractivity contribution in [3.63, 3.8) is 0 Å². The van der Waals surface area contributed by atoms with E-state index in [0.29, 0.717) is 0 Å². The molecular formula is C16H16. The molecule has 0 saturated heterocycles. The molecule has 80 valence electrons. The van der Waals surface area contributed by atoms with Crippen molar-refractivity contribution in [1.29, 1.82) is 0 Å². The second kappa shape index (κ2) is 4.36. The molecule has 0 nitrogen and oxygen atoms in total. The molecule has 0 bridgehead atoms. The van der Waals surface area contributed by atoms with E-state index in [1.54, 1.807) is 0 Å². The molecule has 0 aliphatic rings. The van der Waals surface area contributed by atoms with Crippen LogP contribution in [0.3, 0.4) is 0 Å². The predicted octanol–water partition coefficient (Wildman–Crippen LogP) is 4.70. The van der Waals surface area contributed by atoms with E-state index in [1.807, 2.05) is 6.92 Å². The molecule has 0 unspecified atom stereocenters. The highest BCUT2D eigenvalue weighted by molar-refractivity contribution is 5.68. The third-order valence-corrected chi connectivity index (χ3v) is 2.76. The van der Waals surface area contributed by atoms with E-state index in [1.165, 1.54) is 22.3 Å². The number of hydrogen-bond donors (Lipinski definition) is 0. The van der Waals surface area contributed by atoms with E-state index >= 15 is 0 Å². The third kappa shape index (κ3) is 2.22. The highest BCUT2D eigenvalue weighted by Gasteiger charge is 1.98. The summed E-state index contributed by atoms with van der Waals surface area (Å²) in [4.78, 5) is 0. The third-order valence-electron chi connectivity index (χ3n) is 2.76. The zero-order valence-corrected chi connectivity index (χ0v) is 9.83. The summed E-state index contributed by atoms with van der Waals surface area (Å²) in [6, 6.07) is 17.1. The second-order valence-electron chi connectivity index (χ2n) is 4.22. The average molecular weight is 208 g/mol. The average Bonchev–Trinajstić information content (AvgIpc) is 2.30. The Hall–Kier alpha value is -1.82. The lowest BCUT2D eigenvalue weighted by Crippen LogP contribution is -1.81. The number of aryl methyl sites for hydroxylation is 1. The SMILES string of the molecule is C=C(C)c1ccc(-c2ccc(C)cc2)cc1. The van der Waals surface area contributed by atoms with E-state index in [-0.39, 0.29) is 0 Å². The minimum Gasteiger partial charge on any atom is -0.0955 e. The molecule has 0 N–H and O–H groups in total. The maximum absolute atomic E-state index is 3.94. The molecule has 0 fully saturated rings. The maximum atomic E-state index is 3.94. The van der Waals surface area contributed by atoms with Gasteiger partial charge < -0.3 is 0 Å². The lowest BCUT2D eigenvalue weighted by molar-refractivity contribution is 1.47. The van der Waals surface area contributed by atoms with Crippen LogP contribution in [0.1, 0.15) is 18.1 Å². The summed E-state index contributed by atoms with van der Waals surface area (Å²) in [5.74, 6) is 0. The van der Waals surface area contributed by atoms with Gasteiger partial charge in [0.15, 0.2) is 0 Å². The van der Waals surface area contributed by atoms with Crippen molar-refractivity contribution in [3.8, 4) is 11.1 Å². The first-order valence-corrected chi connectivity index (χ1v) is 5.50. The summed E-state index contributed by atoms with van der Waals surface area (Å²) in [7, 11) is 0. The zero-order chi connectivity index (χ0) is 11.5. The fraction of sp³-hybridized carbons (Fsp3) is 0.125. The molecule has 0 radical (unpaired) electrons. The lowest BCUT2D eigenvalue weighted by Gasteiger charge is -2.04. The minimum atomic E-state index is 1.11. The lowest BCUT2D eigenvalue weighted by atomic mass is 10.0. The van der Waals surface area contributed by atoms with Gasteiger partial charge in [0.05, 0.1) is 0 Å². The van der Waals surface area contributed by atoms with Crippen molar-refractivity contribution >= 4 is 5.57 Å². The first kappa shape index (κ1) is 10.7. The van der Waals surface area contributed by atoms with Gasteiger partial charge in [0.2, 0.25) is 0 Å². The molecule has 2 rings (SSSR count). The molecule has 0 aromatic heterocycles. The van der Waals surface area contributed by atoms with Gasteiger partial charge in [0.25, 0.3) is 0 Å². The molecule has 2 aromatic rings. The Morgan fingerprint density at radius 1 is 0.812 bits per heavy atom. The molecular weight excluding hydrogens is 192 g/mol. The summed E-state index contributed by atoms with van der Waals surface area (Å²) in [5, 5.41) is 0. The number of hydrogen-bond acceptors (Lipinski definition) is 0. The van der Waals surface area contributed by atoms with Crippen molar-refractivity contribution in [2.45, 2.75) is 13.8 Å². The fourth-order valence-electron chi connectivity index (χ4n) is 1.69. The van der Waals surface area contributed by atoms with Gasteiger partial charge in [-0.25, -0.2) is 0 Å². The Morgan fingerprint density at radius 2 is 1.25 bits per heavy atom. The van der Waals surface area contributed by atoms with Gasteiger partial charge in [-0.1, -0.05) is 66.2 Å². The number of benzene rings is 2. The summed E-state index contributed by atoms with van der Waals surface area (Å²) in [5.41, 5.74) is 6.12. The Labute approximate surface area is 97.3 Å². The monoisotopic (exact) mass is 208 g/mol. The summed E-state index contributed by atoms with van der Waals surface area (Å²) < 4.78 is 0. The van der Waals surface area contributed by atoms with Crippen LogP contribution in [-0.4, -0.2) is 0 Å². The van der Waals surface area contributed by atoms with E-state index in [0.717, 1.165) is 5.57 Å². The standard InChI is InChI=1S/C16H16/c1-12(2)14-8-10-16(11-9-14)15-6-4-13(3)5-7-15/h4-11H,1H2,2-3H3. The molecule has 2 aromatic carbocycles. The van der Waals surface area contributed by atoms with Crippen molar-refractivity contribution in [3.05, 3.63) is 66.2 Å². The highest BCUT2D eigenvalue weighted by atomic mass is 14.0. The molecule has 0 aliphatic heterocycles. The summed E-state index contributed by atoms with van der Waals surface area (Å²) >= 11 is 0. The summed E-state index contributed by atoms with van der Waals surface area (Å²) in [6.45, 7) is 8.07. The van der Waals surface area contributed by atoms with Crippen LogP contribution in [0.25, 0.3) is 16.7 Å². The Bertz CT molecular complexity index is 487. The normalized spacial score (nSPS) is 10.1. The van der Waals surface area contributed by atoms with Gasteiger partial charge >= 0.3 is 0 Å². The van der Waals surface area contributed by atoms with Gasteiger partial charge in [0, 0.05) is 0 Å². The molecule has 0 heteroatoms. The quantitative estimate of drug-likeness (QED) is 0.671. The van der Waals surface area contributed by atoms with Gasteiger partial charge in [-0.15, -0.1) is 0 Å². The largest absolute Gasteiger partial charge is 0.0955 e. The smallest absolute Gasteiger partial charge is 0.0184 e. The van der Waals surface area contributed by atoms with Crippen molar-refractivity contribution in [2.24, 2.45) is 0 Å². The van der Waals surface area contributed by atoms with Crippen molar-refractivity contribution < 1.29 is 0 Å². The number of allylic oxidation sites excluding steroid dienone is 1. The molecule has 0 saturated carbocycles. The van der Waals surface area contributed by atoms with E-state index in [2.05, 4.69) is 62.0 Å². The number of rotatable bonds is 2. The first-order chi connectivity index (χ1) is 7.66. The molecule has 0 amide bonds. The van der Waals surface area contributed by atoms with Crippen LogP contribution in [0.15, 0.2) is 55.1 Å². The fourth-order valence-corrected chi connectivity index (χ4v) is 1.69. The van der Waals surface area contributed by atoms with Crippen LogP contribution in [-0.2, 0) is 0 Å². The molecule has 16 heavy (non-hydrogen) atoms. The van der Waals surface area contributed by atoms with E-state index < -0.39 is 0 Å². The van der Waals surface area contributed by atoms with E-state index in [4.69, 9.17) is 0 Å². The molecule has 0 aliphatic carbocycles. The Balaban J connectivity index is 2.34. The highest BCUT2D eigenvalue weighted by Crippen LogP contribution is 2.22. The first-order valence-electron chi connectivity index (χ1n) is 5.50. The van der Waals surface area contributed by atoms with Crippen molar-refractivity contribution in [2.75, 3.05) is 0 Å². The van der Waals surface area contributed by atoms with Gasteiger partial charge in [-0.3, -0.25) is 0 Å². The molecule has 0 spiro atoms. The van der Waals surface area contributed by atoms with Gasteiger partial charge in [0.1, 0.15) is 0 Å². The van der Waals surface area contributed by atoms with Crippen LogP contribution in [0.2, 0.25) is 0 Å². The molecule has 0 atom stereocenters. The van der Waals surface area contributed by atoms with Gasteiger partial charge in [-0.2, -0.15) is 0 Å². The van der Waals surface area contributed by atoms with Crippen LogP contribution < -0.4 is 0 Å². The molecule has 0 heterocycles. The van der Waals surface area contributed by atoms with Crippen LogP contribution in [0.4, 0.5) is 0 Å². The van der Waals surface area contributed by atoms with Gasteiger partial charge in [-0.05, 0) is 30.5 Å². The van der Waals surface area contributed by atoms with Crippen LogP contribution in [0.5, 0.6) is 0 Å². The Morgan fingerprint density at radius 3 is 1.69 bits per heavy atom.